The van der Waals surface area contributed by atoms with Gasteiger partial charge < -0.3 is 4.74 Å². The molecule has 2 atom stereocenters. The van der Waals surface area contributed by atoms with E-state index in [1.54, 1.807) is 6.07 Å². The second-order valence-electron chi connectivity index (χ2n) is 4.27. The average Bonchev–Trinajstić information content (AvgIpc) is 2.82. The minimum absolute atomic E-state index is 0.133. The van der Waals surface area contributed by atoms with E-state index in [4.69, 9.17) is 27.9 Å². The Morgan fingerprint density at radius 2 is 2.17 bits per heavy atom. The Bertz CT molecular complexity index is 451. The minimum Gasteiger partial charge on any atom is -0.465 e. The molecule has 2 unspecified atom stereocenters. The number of rotatable bonds is 3. The van der Waals surface area contributed by atoms with Gasteiger partial charge in [0.15, 0.2) is 0 Å². The van der Waals surface area contributed by atoms with Crippen molar-refractivity contribution in [2.24, 2.45) is 0 Å². The summed E-state index contributed by atoms with van der Waals surface area (Å²) in [5.74, 6) is -0.180. The second kappa shape index (κ2) is 5.91. The van der Waals surface area contributed by atoms with E-state index in [2.05, 4.69) is 5.32 Å². The van der Waals surface area contributed by atoms with E-state index in [0.717, 1.165) is 18.4 Å². The molecule has 1 heterocycles. The number of esters is 1. The number of halogens is 2. The van der Waals surface area contributed by atoms with Gasteiger partial charge in [0.25, 0.3) is 0 Å². The molecule has 1 saturated heterocycles. The Hall–Kier alpha value is -0.770. The van der Waals surface area contributed by atoms with Crippen LogP contribution in [0.3, 0.4) is 0 Å². The second-order valence-corrected chi connectivity index (χ2v) is 5.09. The van der Waals surface area contributed by atoms with E-state index in [1.165, 1.54) is 0 Å². The highest BCUT2D eigenvalue weighted by Gasteiger charge is 2.30. The predicted molar refractivity (Wildman–Crippen MR) is 72.0 cm³/mol. The molecule has 0 aliphatic carbocycles. The van der Waals surface area contributed by atoms with Crippen molar-refractivity contribution in [2.75, 3.05) is 6.61 Å². The standard InChI is InChI=1S/C13H15Cl2NO2/c1-2-18-13(17)12-6-5-11(16-12)8-3-4-9(14)10(15)7-8/h3-4,7,11-12,16H,2,5-6H2,1H3. The molecule has 5 heteroatoms. The normalized spacial score (nSPS) is 23.1. The van der Waals surface area contributed by atoms with Crippen LogP contribution in [0.4, 0.5) is 0 Å². The van der Waals surface area contributed by atoms with Crippen molar-refractivity contribution in [1.29, 1.82) is 0 Å². The monoisotopic (exact) mass is 287 g/mol. The lowest BCUT2D eigenvalue weighted by Crippen LogP contribution is -2.33. The van der Waals surface area contributed by atoms with Gasteiger partial charge in [0.1, 0.15) is 6.04 Å². The van der Waals surface area contributed by atoms with Crippen LogP contribution in [0, 0.1) is 0 Å². The van der Waals surface area contributed by atoms with Gasteiger partial charge >= 0.3 is 5.97 Å². The Labute approximate surface area is 116 Å². The summed E-state index contributed by atoms with van der Waals surface area (Å²) in [6.45, 7) is 2.22. The number of benzene rings is 1. The molecule has 0 spiro atoms. The first-order chi connectivity index (χ1) is 8.61. The van der Waals surface area contributed by atoms with Crippen LogP contribution in [-0.2, 0) is 9.53 Å². The first-order valence-corrected chi connectivity index (χ1v) is 6.75. The number of hydrogen-bond acceptors (Lipinski definition) is 3. The van der Waals surface area contributed by atoms with Crippen LogP contribution in [0.25, 0.3) is 0 Å². The van der Waals surface area contributed by atoms with Crippen LogP contribution in [0.2, 0.25) is 10.0 Å². The average molecular weight is 288 g/mol. The zero-order valence-electron chi connectivity index (χ0n) is 10.1. The number of carbonyl (C=O) groups is 1. The van der Waals surface area contributed by atoms with Crippen LogP contribution in [0.1, 0.15) is 31.4 Å². The predicted octanol–water partition coefficient (Wildman–Crippen LogP) is 3.35. The van der Waals surface area contributed by atoms with Gasteiger partial charge in [-0.2, -0.15) is 0 Å². The van der Waals surface area contributed by atoms with Gasteiger partial charge in [-0.25, -0.2) is 0 Å². The third kappa shape index (κ3) is 2.97. The molecule has 1 aliphatic heterocycles. The molecule has 2 rings (SSSR count). The smallest absolute Gasteiger partial charge is 0.323 e. The molecule has 1 fully saturated rings. The Morgan fingerprint density at radius 1 is 1.39 bits per heavy atom. The Morgan fingerprint density at radius 3 is 2.83 bits per heavy atom. The van der Waals surface area contributed by atoms with Crippen LogP contribution < -0.4 is 5.32 Å². The molecule has 1 aliphatic rings. The topological polar surface area (TPSA) is 38.3 Å². The first kappa shape index (κ1) is 13.7. The lowest BCUT2D eigenvalue weighted by Gasteiger charge is -2.14. The van der Waals surface area contributed by atoms with Crippen LogP contribution in [0.5, 0.6) is 0 Å². The summed E-state index contributed by atoms with van der Waals surface area (Å²) in [6, 6.07) is 5.46. The number of ether oxygens (including phenoxy) is 1. The van der Waals surface area contributed by atoms with E-state index in [9.17, 15) is 4.79 Å². The maximum absolute atomic E-state index is 11.6. The SMILES string of the molecule is CCOC(=O)C1CCC(c2ccc(Cl)c(Cl)c2)N1. The Balaban J connectivity index is 2.04. The van der Waals surface area contributed by atoms with Gasteiger partial charge in [-0.3, -0.25) is 10.1 Å². The molecule has 0 aromatic heterocycles. The van der Waals surface area contributed by atoms with Crippen molar-refractivity contribution in [3.05, 3.63) is 33.8 Å². The molecular formula is C13H15Cl2NO2. The summed E-state index contributed by atoms with van der Waals surface area (Å²) in [5.41, 5.74) is 1.05. The molecule has 0 saturated carbocycles. The van der Waals surface area contributed by atoms with Crippen molar-refractivity contribution < 1.29 is 9.53 Å². The number of carbonyl (C=O) groups excluding carboxylic acids is 1. The number of hydrogen-bond donors (Lipinski definition) is 1. The summed E-state index contributed by atoms with van der Waals surface area (Å²) < 4.78 is 5.00. The fourth-order valence-electron chi connectivity index (χ4n) is 2.16. The van der Waals surface area contributed by atoms with Crippen molar-refractivity contribution in [3.8, 4) is 0 Å². The third-order valence-electron chi connectivity index (χ3n) is 3.06. The molecule has 3 nitrogen and oxygen atoms in total. The molecule has 1 aromatic rings. The van der Waals surface area contributed by atoms with Gasteiger partial charge in [-0.15, -0.1) is 0 Å². The van der Waals surface area contributed by atoms with E-state index < -0.39 is 0 Å². The fraction of sp³-hybridized carbons (Fsp3) is 0.462. The summed E-state index contributed by atoms with van der Waals surface area (Å²) in [5, 5.41) is 4.34. The third-order valence-corrected chi connectivity index (χ3v) is 3.80. The maximum Gasteiger partial charge on any atom is 0.323 e. The molecule has 1 aromatic carbocycles. The summed E-state index contributed by atoms with van der Waals surface area (Å²) >= 11 is 11.9. The van der Waals surface area contributed by atoms with E-state index in [0.29, 0.717) is 16.7 Å². The van der Waals surface area contributed by atoms with Crippen molar-refractivity contribution >= 4 is 29.2 Å². The van der Waals surface area contributed by atoms with Gasteiger partial charge in [0, 0.05) is 6.04 Å². The largest absolute Gasteiger partial charge is 0.465 e. The maximum atomic E-state index is 11.6. The highest BCUT2D eigenvalue weighted by molar-refractivity contribution is 6.42. The van der Waals surface area contributed by atoms with Gasteiger partial charge in [0.2, 0.25) is 0 Å². The summed E-state index contributed by atoms with van der Waals surface area (Å²) in [6.07, 6.45) is 1.67. The molecule has 18 heavy (non-hydrogen) atoms. The zero-order chi connectivity index (χ0) is 13.1. The lowest BCUT2D eigenvalue weighted by molar-refractivity contribution is -0.145. The fourth-order valence-corrected chi connectivity index (χ4v) is 2.47. The first-order valence-electron chi connectivity index (χ1n) is 5.99. The molecule has 0 bridgehead atoms. The van der Waals surface area contributed by atoms with Crippen LogP contribution in [-0.4, -0.2) is 18.6 Å². The lowest BCUT2D eigenvalue weighted by atomic mass is 10.1. The van der Waals surface area contributed by atoms with Gasteiger partial charge in [-0.05, 0) is 37.5 Å². The van der Waals surface area contributed by atoms with Crippen LogP contribution >= 0.6 is 23.2 Å². The van der Waals surface area contributed by atoms with Crippen LogP contribution in [0.15, 0.2) is 18.2 Å². The van der Waals surface area contributed by atoms with E-state index in [1.807, 2.05) is 19.1 Å². The molecular weight excluding hydrogens is 273 g/mol. The molecule has 0 radical (unpaired) electrons. The highest BCUT2D eigenvalue weighted by Crippen LogP contribution is 2.31. The zero-order valence-corrected chi connectivity index (χ0v) is 11.6. The minimum atomic E-state index is -0.218. The molecule has 0 amide bonds. The summed E-state index contributed by atoms with van der Waals surface area (Å²) in [4.78, 5) is 11.6. The van der Waals surface area contributed by atoms with Crippen molar-refractivity contribution in [1.82, 2.24) is 5.32 Å². The van der Waals surface area contributed by atoms with Crippen molar-refractivity contribution in [2.45, 2.75) is 31.8 Å². The molecule has 1 N–H and O–H groups in total. The van der Waals surface area contributed by atoms with Gasteiger partial charge in [0.05, 0.1) is 16.7 Å². The van der Waals surface area contributed by atoms with Gasteiger partial charge in [-0.1, -0.05) is 29.3 Å². The number of nitrogens with one attached hydrogen (secondary N) is 1. The Kier molecular flexibility index (Phi) is 4.49. The molecule has 98 valence electrons. The highest BCUT2D eigenvalue weighted by atomic mass is 35.5. The van der Waals surface area contributed by atoms with Crippen molar-refractivity contribution in [3.63, 3.8) is 0 Å². The van der Waals surface area contributed by atoms with E-state index in [-0.39, 0.29) is 18.1 Å². The summed E-state index contributed by atoms with van der Waals surface area (Å²) in [7, 11) is 0. The quantitative estimate of drug-likeness (QED) is 0.867. The van der Waals surface area contributed by atoms with E-state index >= 15 is 0 Å².